The van der Waals surface area contributed by atoms with E-state index in [0.717, 1.165) is 17.5 Å². The largest absolute Gasteiger partial charge is 0.437 e. The number of halogens is 1. The lowest BCUT2D eigenvalue weighted by molar-refractivity contribution is 0.112. The first-order chi connectivity index (χ1) is 8.52. The highest BCUT2D eigenvalue weighted by atomic mass is 35.5. The van der Waals surface area contributed by atoms with Crippen molar-refractivity contribution in [2.45, 2.75) is 13.8 Å². The summed E-state index contributed by atoms with van der Waals surface area (Å²) in [6, 6.07) is 4.89. The van der Waals surface area contributed by atoms with Gasteiger partial charge in [0, 0.05) is 18.2 Å². The number of aromatic nitrogens is 2. The first-order valence-corrected chi connectivity index (χ1v) is 5.83. The molecule has 1 heterocycles. The highest BCUT2D eigenvalue weighted by Crippen LogP contribution is 2.32. The normalized spacial score (nSPS) is 10.4. The molecule has 0 atom stereocenters. The minimum Gasteiger partial charge on any atom is -0.437 e. The van der Waals surface area contributed by atoms with Crippen molar-refractivity contribution < 1.29 is 9.53 Å². The number of carbonyl (C=O) groups excluding carboxylic acids is 1. The van der Waals surface area contributed by atoms with E-state index in [1.807, 2.05) is 13.8 Å². The average Bonchev–Trinajstić information content (AvgIpc) is 2.58. The van der Waals surface area contributed by atoms with E-state index in [1.54, 1.807) is 29.9 Å². The fourth-order valence-corrected chi connectivity index (χ4v) is 1.82. The van der Waals surface area contributed by atoms with E-state index < -0.39 is 0 Å². The summed E-state index contributed by atoms with van der Waals surface area (Å²) in [6.07, 6.45) is 0.755. The van der Waals surface area contributed by atoms with Crippen LogP contribution in [0.25, 0.3) is 0 Å². The molecular weight excluding hydrogens is 252 g/mol. The number of aryl methyl sites for hydroxylation is 2. The smallest absolute Gasteiger partial charge is 0.220 e. The van der Waals surface area contributed by atoms with Gasteiger partial charge in [-0.05, 0) is 32.0 Å². The molecule has 0 unspecified atom stereocenters. The summed E-state index contributed by atoms with van der Waals surface area (Å²) in [6.45, 7) is 3.83. The van der Waals surface area contributed by atoms with Crippen LogP contribution in [0.1, 0.15) is 21.6 Å². The molecule has 0 fully saturated rings. The molecular formula is C13H13ClN2O2. The fourth-order valence-electron chi connectivity index (χ4n) is 1.66. The second-order valence-corrected chi connectivity index (χ2v) is 4.46. The second kappa shape index (κ2) is 4.82. The maximum Gasteiger partial charge on any atom is 0.220 e. The van der Waals surface area contributed by atoms with E-state index in [4.69, 9.17) is 16.3 Å². The van der Waals surface area contributed by atoms with Crippen molar-refractivity contribution in [2.24, 2.45) is 7.05 Å². The summed E-state index contributed by atoms with van der Waals surface area (Å²) in [4.78, 5) is 10.7. The lowest BCUT2D eigenvalue weighted by atomic mass is 10.2. The van der Waals surface area contributed by atoms with Gasteiger partial charge in [-0.3, -0.25) is 4.79 Å². The zero-order valence-electron chi connectivity index (χ0n) is 10.4. The van der Waals surface area contributed by atoms with Gasteiger partial charge in [0.25, 0.3) is 0 Å². The van der Waals surface area contributed by atoms with Crippen LogP contribution >= 0.6 is 11.6 Å². The van der Waals surface area contributed by atoms with Crippen molar-refractivity contribution in [3.8, 4) is 11.6 Å². The Morgan fingerprint density at radius 1 is 1.39 bits per heavy atom. The molecule has 1 aromatic carbocycles. The van der Waals surface area contributed by atoms with Gasteiger partial charge in [0.1, 0.15) is 12.0 Å². The molecule has 0 saturated heterocycles. The molecule has 0 aliphatic carbocycles. The highest BCUT2D eigenvalue weighted by Gasteiger charge is 2.13. The third kappa shape index (κ3) is 2.24. The average molecular weight is 265 g/mol. The van der Waals surface area contributed by atoms with E-state index in [9.17, 15) is 4.79 Å². The minimum atomic E-state index is 0.451. The van der Waals surface area contributed by atoms with Crippen LogP contribution in [0.4, 0.5) is 0 Å². The number of benzene rings is 1. The number of hydrogen-bond donors (Lipinski definition) is 0. The Bertz CT molecular complexity index is 605. The quantitative estimate of drug-likeness (QED) is 0.799. The van der Waals surface area contributed by atoms with Gasteiger partial charge in [0.2, 0.25) is 5.88 Å². The molecule has 0 N–H and O–H groups in total. The Labute approximate surface area is 110 Å². The van der Waals surface area contributed by atoms with Crippen LogP contribution in [0.15, 0.2) is 18.2 Å². The SMILES string of the molecule is Cc1nn(C)c(Oc2cc(C=O)ccc2Cl)c1C. The number of rotatable bonds is 3. The van der Waals surface area contributed by atoms with Crippen LogP contribution in [0.2, 0.25) is 5.02 Å². The molecule has 5 heteroatoms. The van der Waals surface area contributed by atoms with Crippen molar-refractivity contribution in [1.29, 1.82) is 0 Å². The first-order valence-electron chi connectivity index (χ1n) is 5.45. The standard InChI is InChI=1S/C13H13ClN2O2/c1-8-9(2)15-16(3)13(8)18-12-6-10(7-17)4-5-11(12)14/h4-7H,1-3H3. The van der Waals surface area contributed by atoms with E-state index in [1.165, 1.54) is 0 Å². The van der Waals surface area contributed by atoms with Gasteiger partial charge in [0.15, 0.2) is 0 Å². The molecule has 0 aliphatic heterocycles. The van der Waals surface area contributed by atoms with Gasteiger partial charge in [0.05, 0.1) is 10.7 Å². The molecule has 1 aromatic heterocycles. The number of nitrogens with zero attached hydrogens (tertiary/aromatic N) is 2. The summed E-state index contributed by atoms with van der Waals surface area (Å²) >= 11 is 6.04. The van der Waals surface area contributed by atoms with Crippen molar-refractivity contribution in [3.63, 3.8) is 0 Å². The van der Waals surface area contributed by atoms with Crippen LogP contribution in [-0.2, 0) is 7.05 Å². The Morgan fingerprint density at radius 3 is 2.67 bits per heavy atom. The summed E-state index contributed by atoms with van der Waals surface area (Å²) in [5.41, 5.74) is 2.37. The van der Waals surface area contributed by atoms with Gasteiger partial charge < -0.3 is 4.74 Å². The summed E-state index contributed by atoms with van der Waals surface area (Å²) in [5, 5.41) is 4.72. The first kappa shape index (κ1) is 12.6. The maximum atomic E-state index is 10.7. The van der Waals surface area contributed by atoms with E-state index >= 15 is 0 Å². The predicted molar refractivity (Wildman–Crippen MR) is 69.6 cm³/mol. The molecule has 0 spiro atoms. The molecule has 0 aliphatic rings. The number of ether oxygens (including phenoxy) is 1. The molecule has 94 valence electrons. The third-order valence-corrected chi connectivity index (χ3v) is 3.07. The number of aldehydes is 1. The monoisotopic (exact) mass is 264 g/mol. The van der Waals surface area contributed by atoms with Crippen LogP contribution < -0.4 is 4.74 Å². The number of carbonyl (C=O) groups is 1. The van der Waals surface area contributed by atoms with Gasteiger partial charge in [-0.25, -0.2) is 4.68 Å². The molecule has 0 saturated carbocycles. The third-order valence-electron chi connectivity index (χ3n) is 2.76. The molecule has 2 rings (SSSR count). The van der Waals surface area contributed by atoms with Crippen molar-refractivity contribution in [3.05, 3.63) is 40.0 Å². The van der Waals surface area contributed by atoms with Crippen LogP contribution in [-0.4, -0.2) is 16.1 Å². The minimum absolute atomic E-state index is 0.451. The predicted octanol–water partition coefficient (Wildman–Crippen LogP) is 3.30. The van der Waals surface area contributed by atoms with Gasteiger partial charge in [-0.15, -0.1) is 0 Å². The summed E-state index contributed by atoms with van der Waals surface area (Å²) in [5.74, 6) is 1.07. The lowest BCUT2D eigenvalue weighted by Crippen LogP contribution is -1.97. The zero-order chi connectivity index (χ0) is 13.3. The number of hydrogen-bond acceptors (Lipinski definition) is 3. The molecule has 2 aromatic rings. The van der Waals surface area contributed by atoms with Gasteiger partial charge in [-0.2, -0.15) is 5.10 Å². The Balaban J connectivity index is 2.42. The topological polar surface area (TPSA) is 44.1 Å². The Hall–Kier alpha value is -1.81. The summed E-state index contributed by atoms with van der Waals surface area (Å²) < 4.78 is 7.39. The van der Waals surface area contributed by atoms with Crippen molar-refractivity contribution in [2.75, 3.05) is 0 Å². The molecule has 18 heavy (non-hydrogen) atoms. The maximum absolute atomic E-state index is 10.7. The van der Waals surface area contributed by atoms with E-state index in [-0.39, 0.29) is 0 Å². The lowest BCUT2D eigenvalue weighted by Gasteiger charge is -2.09. The van der Waals surface area contributed by atoms with E-state index in [0.29, 0.717) is 22.2 Å². The Morgan fingerprint density at radius 2 is 2.11 bits per heavy atom. The molecule has 0 radical (unpaired) electrons. The second-order valence-electron chi connectivity index (χ2n) is 4.05. The highest BCUT2D eigenvalue weighted by molar-refractivity contribution is 6.32. The Kier molecular flexibility index (Phi) is 3.39. The van der Waals surface area contributed by atoms with E-state index in [2.05, 4.69) is 5.10 Å². The molecule has 0 bridgehead atoms. The van der Waals surface area contributed by atoms with Crippen LogP contribution in [0, 0.1) is 13.8 Å². The van der Waals surface area contributed by atoms with Gasteiger partial charge >= 0.3 is 0 Å². The van der Waals surface area contributed by atoms with Crippen LogP contribution in [0.5, 0.6) is 11.6 Å². The summed E-state index contributed by atoms with van der Waals surface area (Å²) in [7, 11) is 1.80. The fraction of sp³-hybridized carbons (Fsp3) is 0.231. The molecule has 0 amide bonds. The van der Waals surface area contributed by atoms with Crippen LogP contribution in [0.3, 0.4) is 0 Å². The molecule has 4 nitrogen and oxygen atoms in total. The zero-order valence-corrected chi connectivity index (χ0v) is 11.2. The van der Waals surface area contributed by atoms with Crippen molar-refractivity contribution in [1.82, 2.24) is 9.78 Å². The van der Waals surface area contributed by atoms with Gasteiger partial charge in [-0.1, -0.05) is 11.6 Å². The van der Waals surface area contributed by atoms with Crippen molar-refractivity contribution >= 4 is 17.9 Å².